The largest absolute Gasteiger partial charge is 0.232 e. The SMILES string of the molecule is CC(C)(C)c1cc(-c2ccccc2)nc(-c2ccccc2)n1.CC(C)(C)c1nc(-c2ccccc2)cc(-c2ccccc2)n1.CC(C)(C)c1nc(-c2ccccc2)nc(-c2ccc(-c3ccccc3)cc2)n1.CC(C)(C)c1nc(-c2ccccc2)nc(-c2cccc(-c3ccccc3)c2)n1.CC(C)(C)c1nc(-c2ccccc2)nc(-c2ccccc2)n1.CC(C)(C)c1nc(-c2ccccc2)nc(-c2ccccc2-c2ccccc2)n1. The minimum atomic E-state index is -0.178. The minimum absolute atomic E-state index is 0.0179. The molecular weight excluding hydrogens is 1830 g/mol. The Kier molecular flexibility index (Phi) is 33.5. The highest BCUT2D eigenvalue weighted by molar-refractivity contribution is 5.82. The highest BCUT2D eigenvalue weighted by atomic mass is 15.1. The van der Waals surface area contributed by atoms with Gasteiger partial charge in [-0.1, -0.05) is 555 Å². The molecule has 21 rings (SSSR count). The molecule has 0 aliphatic rings. The lowest BCUT2D eigenvalue weighted by atomic mass is 9.91. The molecule has 744 valence electrons. The maximum atomic E-state index is 4.86. The maximum Gasteiger partial charge on any atom is 0.164 e. The number of benzene rings is 15. The van der Waals surface area contributed by atoms with Gasteiger partial charge in [-0.3, -0.25) is 0 Å². The van der Waals surface area contributed by atoms with Gasteiger partial charge in [-0.25, -0.2) is 79.7 Å². The molecule has 16 heteroatoms. The average Bonchev–Trinajstić information content (AvgIpc) is 0.745. The molecule has 0 aliphatic heterocycles. The zero-order valence-electron chi connectivity index (χ0n) is 88.9. The normalized spacial score (nSPS) is 11.4. The van der Waals surface area contributed by atoms with E-state index in [2.05, 4.69) is 340 Å². The smallest absolute Gasteiger partial charge is 0.164 e. The van der Waals surface area contributed by atoms with Gasteiger partial charge in [0.1, 0.15) is 29.1 Å². The van der Waals surface area contributed by atoms with Crippen molar-refractivity contribution < 1.29 is 0 Å². The Labute approximate surface area is 884 Å². The van der Waals surface area contributed by atoms with Crippen molar-refractivity contribution in [2.24, 2.45) is 0 Å². The summed E-state index contributed by atoms with van der Waals surface area (Å²) in [4.78, 5) is 76.3. The van der Waals surface area contributed by atoms with Crippen molar-refractivity contribution in [3.63, 3.8) is 0 Å². The van der Waals surface area contributed by atoms with E-state index < -0.39 is 0 Å². The van der Waals surface area contributed by atoms with Crippen LogP contribution in [-0.4, -0.2) is 79.7 Å². The fraction of sp³-hybridized carbons (Fsp3) is 0.179. The van der Waals surface area contributed by atoms with Crippen LogP contribution >= 0.6 is 0 Å². The second kappa shape index (κ2) is 47.8. The van der Waals surface area contributed by atoms with E-state index in [0.717, 1.165) is 153 Å². The van der Waals surface area contributed by atoms with Crippen molar-refractivity contribution >= 4 is 0 Å². The summed E-state index contributed by atoms with van der Waals surface area (Å²) < 4.78 is 0. The van der Waals surface area contributed by atoms with E-state index in [4.69, 9.17) is 64.8 Å². The van der Waals surface area contributed by atoms with Gasteiger partial charge in [0.2, 0.25) is 0 Å². The fourth-order valence-corrected chi connectivity index (χ4v) is 15.9. The van der Waals surface area contributed by atoms with Crippen molar-refractivity contribution in [1.29, 1.82) is 0 Å². The van der Waals surface area contributed by atoms with E-state index in [9.17, 15) is 0 Å². The molecule has 15 aromatic carbocycles. The summed E-state index contributed by atoms with van der Waals surface area (Å²) in [6.07, 6.45) is 0. The monoisotopic (exact) mass is 1960 g/mol. The molecule has 0 saturated heterocycles. The molecule has 150 heavy (non-hydrogen) atoms. The van der Waals surface area contributed by atoms with Gasteiger partial charge in [-0.05, 0) is 51.6 Å². The molecule has 16 nitrogen and oxygen atoms in total. The summed E-state index contributed by atoms with van der Waals surface area (Å²) in [5.41, 5.74) is 22.6. The molecule has 0 amide bonds. The molecule has 0 fully saturated rings. The first-order chi connectivity index (χ1) is 72.1. The third-order valence-corrected chi connectivity index (χ3v) is 24.2. The summed E-state index contributed by atoms with van der Waals surface area (Å²) in [7, 11) is 0. The van der Waals surface area contributed by atoms with Gasteiger partial charge in [0, 0.05) is 99.3 Å². The van der Waals surface area contributed by atoms with Crippen LogP contribution in [0.2, 0.25) is 0 Å². The van der Waals surface area contributed by atoms with Crippen LogP contribution in [0.4, 0.5) is 0 Å². The van der Waals surface area contributed by atoms with Crippen LogP contribution in [0.25, 0.3) is 170 Å². The van der Waals surface area contributed by atoms with Gasteiger partial charge >= 0.3 is 0 Å². The predicted octanol–water partition coefficient (Wildman–Crippen LogP) is 33.2. The Balaban J connectivity index is 0.000000129. The van der Waals surface area contributed by atoms with E-state index in [1.54, 1.807) is 0 Å². The lowest BCUT2D eigenvalue weighted by Gasteiger charge is -2.19. The van der Waals surface area contributed by atoms with Crippen LogP contribution < -0.4 is 0 Å². The zero-order chi connectivity index (χ0) is 105. The van der Waals surface area contributed by atoms with Crippen LogP contribution in [0.1, 0.15) is 159 Å². The van der Waals surface area contributed by atoms with Gasteiger partial charge in [0.05, 0.1) is 22.8 Å². The van der Waals surface area contributed by atoms with Gasteiger partial charge in [-0.15, -0.1) is 0 Å². The molecule has 0 saturated carbocycles. The topological polar surface area (TPSA) is 206 Å². The first kappa shape index (κ1) is 105. The molecule has 6 aromatic heterocycles. The first-order valence-corrected chi connectivity index (χ1v) is 51.0. The summed E-state index contributed by atoms with van der Waals surface area (Å²) >= 11 is 0. The quantitative estimate of drug-likeness (QED) is 0.0935. The Morgan fingerprint density at radius 3 is 0.600 bits per heavy atom. The second-order valence-corrected chi connectivity index (χ2v) is 42.7. The Bertz CT molecular complexity index is 7440. The van der Waals surface area contributed by atoms with E-state index in [1.807, 2.05) is 249 Å². The van der Waals surface area contributed by atoms with Gasteiger partial charge in [0.25, 0.3) is 0 Å². The molecule has 0 N–H and O–H groups in total. The molecule has 0 bridgehead atoms. The van der Waals surface area contributed by atoms with E-state index in [-0.39, 0.29) is 32.5 Å². The second-order valence-electron chi connectivity index (χ2n) is 42.7. The van der Waals surface area contributed by atoms with Crippen molar-refractivity contribution in [1.82, 2.24) is 79.7 Å². The summed E-state index contributed by atoms with van der Waals surface area (Å²) in [5.74, 6) is 10.5. The van der Waals surface area contributed by atoms with Crippen LogP contribution in [0.5, 0.6) is 0 Å². The van der Waals surface area contributed by atoms with Gasteiger partial charge in [0.15, 0.2) is 52.4 Å². The summed E-state index contributed by atoms with van der Waals surface area (Å²) in [6, 6.07) is 152. The van der Waals surface area contributed by atoms with Crippen LogP contribution in [0.3, 0.4) is 0 Å². The molecule has 0 aliphatic carbocycles. The molecule has 0 unspecified atom stereocenters. The number of rotatable bonds is 15. The Hall–Kier alpha value is -17.5. The number of hydrogen-bond acceptors (Lipinski definition) is 16. The average molecular weight is 1960 g/mol. The van der Waals surface area contributed by atoms with E-state index >= 15 is 0 Å². The molecular formula is C134H128N16. The van der Waals surface area contributed by atoms with E-state index in [1.165, 1.54) is 16.7 Å². The minimum Gasteiger partial charge on any atom is -0.232 e. The summed E-state index contributed by atoms with van der Waals surface area (Å²) in [6.45, 7) is 38.5. The molecule has 0 spiro atoms. The standard InChI is InChI=1S/3C25H23N3.2C20H20N2.C19H19N3/c1-25(2,3)24-27-22(19-14-8-5-9-15-19)26-23(28-24)21-17-11-10-16-20(21)18-12-6-4-7-13-18;1-25(2,3)24-27-22(19-13-8-5-9-14-19)26-23(28-24)21-16-10-15-20(17-21)18-11-6-4-7-12-18;1-25(2,3)24-27-22(20-12-8-5-9-13-20)26-23(28-24)21-16-14-19(15-17-21)18-10-6-4-7-11-18;1-20(2,3)18-14-17(15-10-6-4-7-11-15)21-19(22-18)16-12-8-5-9-13-16;1-20(2,3)19-21-17(15-10-6-4-7-11-15)14-18(22-19)16-12-8-5-9-13-16;1-19(2,3)18-21-16(14-10-6-4-7-11-14)20-17(22-18)15-12-8-5-9-13-15/h3*4-17H,1-3H3;2*4-14H,1-3H3;4-13H,1-3H3. The van der Waals surface area contributed by atoms with Crippen molar-refractivity contribution in [3.05, 3.63) is 484 Å². The van der Waals surface area contributed by atoms with Gasteiger partial charge in [-0.2, -0.15) is 0 Å². The number of hydrogen-bond donors (Lipinski definition) is 0. The predicted molar refractivity (Wildman–Crippen MR) is 617 cm³/mol. The summed E-state index contributed by atoms with van der Waals surface area (Å²) in [5, 5.41) is 0. The highest BCUT2D eigenvalue weighted by Gasteiger charge is 2.29. The van der Waals surface area contributed by atoms with Crippen LogP contribution in [0, 0.1) is 0 Å². The van der Waals surface area contributed by atoms with E-state index in [0.29, 0.717) is 34.9 Å². The highest BCUT2D eigenvalue weighted by Crippen LogP contribution is 2.38. The number of nitrogens with zero attached hydrogens (tertiary/aromatic N) is 16. The third-order valence-electron chi connectivity index (χ3n) is 24.2. The Morgan fingerprint density at radius 2 is 0.307 bits per heavy atom. The molecule has 21 aromatic rings. The van der Waals surface area contributed by atoms with Crippen molar-refractivity contribution in [3.8, 4) is 170 Å². The third kappa shape index (κ3) is 28.4. The van der Waals surface area contributed by atoms with Crippen molar-refractivity contribution in [2.75, 3.05) is 0 Å². The van der Waals surface area contributed by atoms with Crippen molar-refractivity contribution in [2.45, 2.75) is 157 Å². The molecule has 0 atom stereocenters. The zero-order valence-corrected chi connectivity index (χ0v) is 88.9. The van der Waals surface area contributed by atoms with Gasteiger partial charge < -0.3 is 0 Å². The lowest BCUT2D eigenvalue weighted by Crippen LogP contribution is -2.18. The lowest BCUT2D eigenvalue weighted by molar-refractivity contribution is 0.543. The maximum absolute atomic E-state index is 4.86. The Morgan fingerprint density at radius 1 is 0.113 bits per heavy atom. The molecule has 6 heterocycles. The first-order valence-electron chi connectivity index (χ1n) is 51.0. The fourth-order valence-electron chi connectivity index (χ4n) is 15.9. The molecule has 0 radical (unpaired) electrons. The van der Waals surface area contributed by atoms with Crippen LogP contribution in [-0.2, 0) is 32.5 Å². The van der Waals surface area contributed by atoms with Crippen LogP contribution in [0.15, 0.2) is 449 Å². The number of aromatic nitrogens is 16.